The first kappa shape index (κ1) is 20.0. The summed E-state index contributed by atoms with van der Waals surface area (Å²) in [4.78, 5) is 0. The first-order valence-electron chi connectivity index (χ1n) is 11.6. The number of benzene rings is 3. The fraction of sp³-hybridized carbons (Fsp3) is 0.379. The lowest BCUT2D eigenvalue weighted by Crippen LogP contribution is -2.25. The average molecular weight is 383 g/mol. The summed E-state index contributed by atoms with van der Waals surface area (Å²) in [5.41, 5.74) is 6.92. The number of hydrogen-bond acceptors (Lipinski definition) is 0. The minimum Gasteiger partial charge on any atom is -0.0651 e. The third-order valence-electron chi connectivity index (χ3n) is 7.11. The van der Waals surface area contributed by atoms with Crippen LogP contribution >= 0.6 is 0 Å². The highest BCUT2D eigenvalue weighted by Crippen LogP contribution is 2.45. The van der Waals surface area contributed by atoms with Gasteiger partial charge in [0.15, 0.2) is 0 Å². The topological polar surface area (TPSA) is 0 Å². The van der Waals surface area contributed by atoms with Crippen LogP contribution in [-0.4, -0.2) is 0 Å². The molecule has 1 saturated carbocycles. The van der Waals surface area contributed by atoms with E-state index >= 15 is 0 Å². The van der Waals surface area contributed by atoms with E-state index in [1.807, 2.05) is 0 Å². The molecule has 0 nitrogen and oxygen atoms in total. The van der Waals surface area contributed by atoms with Crippen molar-refractivity contribution >= 4 is 0 Å². The molecule has 0 bridgehead atoms. The Labute approximate surface area is 177 Å². The maximum Gasteiger partial charge on any atom is -0.0127 e. The van der Waals surface area contributed by atoms with E-state index in [9.17, 15) is 0 Å². The highest BCUT2D eigenvalue weighted by atomic mass is 14.4. The Morgan fingerprint density at radius 2 is 1.31 bits per heavy atom. The van der Waals surface area contributed by atoms with E-state index in [1.165, 1.54) is 60.8 Å². The van der Waals surface area contributed by atoms with Gasteiger partial charge in [0.05, 0.1) is 0 Å². The minimum atomic E-state index is 0.672. The van der Waals surface area contributed by atoms with Gasteiger partial charge in [-0.15, -0.1) is 0 Å². The van der Waals surface area contributed by atoms with Crippen molar-refractivity contribution in [2.75, 3.05) is 0 Å². The molecule has 1 aliphatic rings. The van der Waals surface area contributed by atoms with Gasteiger partial charge in [-0.2, -0.15) is 0 Å². The molecule has 29 heavy (non-hydrogen) atoms. The van der Waals surface area contributed by atoms with Crippen molar-refractivity contribution in [1.82, 2.24) is 0 Å². The average Bonchev–Trinajstić information content (AvgIpc) is 2.81. The first-order valence-corrected chi connectivity index (χ1v) is 11.6. The van der Waals surface area contributed by atoms with Crippen LogP contribution in [0.4, 0.5) is 0 Å². The molecule has 0 saturated heterocycles. The van der Waals surface area contributed by atoms with Crippen LogP contribution in [-0.2, 0) is 0 Å². The molecule has 3 aromatic carbocycles. The Hall–Kier alpha value is -2.34. The van der Waals surface area contributed by atoms with Crippen molar-refractivity contribution < 1.29 is 0 Å². The predicted molar refractivity (Wildman–Crippen MR) is 126 cm³/mol. The fourth-order valence-corrected chi connectivity index (χ4v) is 5.58. The van der Waals surface area contributed by atoms with Crippen LogP contribution in [0.1, 0.15) is 63.9 Å². The third-order valence-corrected chi connectivity index (χ3v) is 7.11. The molecule has 0 heterocycles. The Morgan fingerprint density at radius 1 is 0.690 bits per heavy atom. The highest BCUT2D eigenvalue weighted by molar-refractivity contribution is 5.72. The van der Waals surface area contributed by atoms with Crippen LogP contribution in [0.3, 0.4) is 0 Å². The van der Waals surface area contributed by atoms with Gasteiger partial charge in [-0.05, 0) is 58.4 Å². The quantitative estimate of drug-likeness (QED) is 0.400. The summed E-state index contributed by atoms with van der Waals surface area (Å²) in [6.07, 6.45) is 8.22. The molecule has 0 aromatic heterocycles. The van der Waals surface area contributed by atoms with E-state index in [2.05, 4.69) is 92.7 Å². The lowest BCUT2D eigenvalue weighted by molar-refractivity contribution is 0.191. The minimum absolute atomic E-state index is 0.672. The van der Waals surface area contributed by atoms with Crippen molar-refractivity contribution in [3.63, 3.8) is 0 Å². The van der Waals surface area contributed by atoms with Gasteiger partial charge in [-0.25, -0.2) is 0 Å². The summed E-state index contributed by atoms with van der Waals surface area (Å²) < 4.78 is 0. The number of rotatable bonds is 6. The Morgan fingerprint density at radius 3 is 2.03 bits per heavy atom. The maximum atomic E-state index is 2.40. The summed E-state index contributed by atoms with van der Waals surface area (Å²) in [5, 5.41) is 0. The van der Waals surface area contributed by atoms with Crippen LogP contribution in [0.25, 0.3) is 22.3 Å². The molecule has 0 N–H and O–H groups in total. The molecule has 3 unspecified atom stereocenters. The summed E-state index contributed by atoms with van der Waals surface area (Å²) in [6.45, 7) is 4.78. The lowest BCUT2D eigenvalue weighted by Gasteiger charge is -2.37. The monoisotopic (exact) mass is 382 g/mol. The Kier molecular flexibility index (Phi) is 6.49. The maximum absolute atomic E-state index is 2.40. The molecule has 0 aliphatic heterocycles. The van der Waals surface area contributed by atoms with Crippen molar-refractivity contribution in [3.05, 3.63) is 84.4 Å². The van der Waals surface area contributed by atoms with E-state index < -0.39 is 0 Å². The van der Waals surface area contributed by atoms with Crippen LogP contribution in [0.5, 0.6) is 0 Å². The molecule has 150 valence electrons. The third kappa shape index (κ3) is 4.32. The zero-order chi connectivity index (χ0) is 20.1. The zero-order valence-electron chi connectivity index (χ0n) is 18.0. The van der Waals surface area contributed by atoms with E-state index in [-0.39, 0.29) is 0 Å². The number of hydrogen-bond donors (Lipinski definition) is 0. The molecule has 0 spiro atoms. The van der Waals surface area contributed by atoms with E-state index in [0.717, 1.165) is 11.8 Å². The van der Waals surface area contributed by atoms with Crippen molar-refractivity contribution in [2.45, 2.75) is 58.3 Å². The normalized spacial score (nSPS) is 20.3. The lowest BCUT2D eigenvalue weighted by atomic mass is 9.67. The molecule has 4 rings (SSSR count). The molecule has 3 aromatic rings. The predicted octanol–water partition coefficient (Wildman–Crippen LogP) is 8.73. The van der Waals surface area contributed by atoms with Gasteiger partial charge in [-0.1, -0.05) is 118 Å². The van der Waals surface area contributed by atoms with Crippen molar-refractivity contribution in [1.29, 1.82) is 0 Å². The largest absolute Gasteiger partial charge is 0.0651 e. The van der Waals surface area contributed by atoms with Crippen LogP contribution in [0, 0.1) is 11.8 Å². The molecule has 0 radical (unpaired) electrons. The molecule has 0 heteroatoms. The first-order chi connectivity index (χ1) is 14.3. The van der Waals surface area contributed by atoms with Crippen LogP contribution in [0.15, 0.2) is 78.9 Å². The molecular formula is C29H34. The molecule has 0 amide bonds. The SMILES string of the molecule is CCC1CCCCC1C(CC)c1ccccc1-c1ccc(-c2ccccc2)cc1. The van der Waals surface area contributed by atoms with E-state index in [4.69, 9.17) is 0 Å². The molecule has 1 fully saturated rings. The van der Waals surface area contributed by atoms with E-state index in [0.29, 0.717) is 5.92 Å². The summed E-state index contributed by atoms with van der Waals surface area (Å²) >= 11 is 0. The second-order valence-corrected chi connectivity index (χ2v) is 8.66. The van der Waals surface area contributed by atoms with Crippen molar-refractivity contribution in [2.24, 2.45) is 11.8 Å². The van der Waals surface area contributed by atoms with Gasteiger partial charge in [0, 0.05) is 0 Å². The summed E-state index contributed by atoms with van der Waals surface area (Å²) in [5.74, 6) is 2.40. The highest BCUT2D eigenvalue weighted by Gasteiger charge is 2.31. The van der Waals surface area contributed by atoms with Gasteiger partial charge in [0.1, 0.15) is 0 Å². The van der Waals surface area contributed by atoms with Gasteiger partial charge >= 0.3 is 0 Å². The fourth-order valence-electron chi connectivity index (χ4n) is 5.58. The second-order valence-electron chi connectivity index (χ2n) is 8.66. The van der Waals surface area contributed by atoms with Gasteiger partial charge in [0.2, 0.25) is 0 Å². The standard InChI is InChI=1S/C29H34/c1-3-22-12-8-9-15-27(22)26(4-2)29-17-11-10-16-28(29)25-20-18-24(19-21-25)23-13-6-5-7-14-23/h5-7,10-11,13-14,16-22,26-27H,3-4,8-9,12,15H2,1-2H3. The molecule has 1 aliphatic carbocycles. The Balaban J connectivity index is 1.67. The second kappa shape index (κ2) is 9.44. The van der Waals surface area contributed by atoms with Gasteiger partial charge in [-0.3, -0.25) is 0 Å². The Bertz CT molecular complexity index is 891. The van der Waals surface area contributed by atoms with Crippen LogP contribution < -0.4 is 0 Å². The van der Waals surface area contributed by atoms with Crippen LogP contribution in [0.2, 0.25) is 0 Å². The summed E-state index contributed by atoms with van der Waals surface area (Å²) in [6, 6.07) is 29.0. The van der Waals surface area contributed by atoms with E-state index in [1.54, 1.807) is 5.56 Å². The molecular weight excluding hydrogens is 348 g/mol. The van der Waals surface area contributed by atoms with Gasteiger partial charge in [0.25, 0.3) is 0 Å². The van der Waals surface area contributed by atoms with Crippen molar-refractivity contribution in [3.8, 4) is 22.3 Å². The zero-order valence-corrected chi connectivity index (χ0v) is 18.0. The van der Waals surface area contributed by atoms with Gasteiger partial charge < -0.3 is 0 Å². The summed E-state index contributed by atoms with van der Waals surface area (Å²) in [7, 11) is 0. The molecule has 3 atom stereocenters. The smallest absolute Gasteiger partial charge is 0.0127 e.